The molecule has 1 amide bonds. The molecule has 0 atom stereocenters. The van der Waals surface area contributed by atoms with Crippen molar-refractivity contribution in [2.24, 2.45) is 0 Å². The van der Waals surface area contributed by atoms with E-state index in [0.717, 1.165) is 6.26 Å². The largest absolute Gasteiger partial charge is 0.269 e. The van der Waals surface area contributed by atoms with Crippen molar-refractivity contribution >= 4 is 15.7 Å². The molecule has 0 heterocycles. The van der Waals surface area contributed by atoms with Crippen LogP contribution < -0.4 is 5.73 Å². The third-order valence-corrected chi connectivity index (χ3v) is 2.67. The summed E-state index contributed by atoms with van der Waals surface area (Å²) in [6, 6.07) is 5.28. The monoisotopic (exact) mass is 198 g/mol. The van der Waals surface area contributed by atoms with Crippen molar-refractivity contribution in [1.29, 1.82) is 0 Å². The fourth-order valence-corrected chi connectivity index (χ4v) is 1.48. The Hall–Kier alpha value is -1.36. The summed E-state index contributed by atoms with van der Waals surface area (Å²) in [7, 11) is -3.22. The second-order valence-corrected chi connectivity index (χ2v) is 4.64. The standard InChI is InChI=1S/C8H8NO3S/c1-13(11,12)7-4-2-6(3-5-7)8(9)10/h2-5,9H,1H3. The van der Waals surface area contributed by atoms with Gasteiger partial charge in [-0.15, -0.1) is 0 Å². The van der Waals surface area contributed by atoms with Crippen molar-refractivity contribution in [3.63, 3.8) is 0 Å². The van der Waals surface area contributed by atoms with E-state index in [4.69, 9.17) is 5.73 Å². The van der Waals surface area contributed by atoms with Crippen molar-refractivity contribution in [3.05, 3.63) is 29.8 Å². The van der Waals surface area contributed by atoms with Crippen LogP contribution >= 0.6 is 0 Å². The minimum absolute atomic E-state index is 0.150. The summed E-state index contributed by atoms with van der Waals surface area (Å²) in [5.41, 5.74) is 6.94. The Kier molecular flexibility index (Phi) is 2.38. The highest BCUT2D eigenvalue weighted by Crippen LogP contribution is 2.09. The molecular formula is C8H8NO3S. The van der Waals surface area contributed by atoms with Gasteiger partial charge in [-0.1, -0.05) is 0 Å². The van der Waals surface area contributed by atoms with Gasteiger partial charge in [0.1, 0.15) is 0 Å². The first-order chi connectivity index (χ1) is 5.91. The smallest absolute Gasteiger partial charge is 0.267 e. The van der Waals surface area contributed by atoms with Gasteiger partial charge in [-0.3, -0.25) is 10.5 Å². The number of sulfone groups is 1. The molecule has 0 unspecified atom stereocenters. The van der Waals surface area contributed by atoms with E-state index in [1.807, 2.05) is 0 Å². The molecule has 0 aliphatic rings. The minimum atomic E-state index is -3.22. The highest BCUT2D eigenvalue weighted by molar-refractivity contribution is 7.90. The molecule has 0 fully saturated rings. The molecular weight excluding hydrogens is 190 g/mol. The fraction of sp³-hybridized carbons (Fsp3) is 0.125. The molecule has 4 nitrogen and oxygen atoms in total. The molecule has 0 saturated heterocycles. The molecule has 5 heteroatoms. The van der Waals surface area contributed by atoms with Gasteiger partial charge in [-0.2, -0.15) is 0 Å². The van der Waals surface area contributed by atoms with E-state index in [1.165, 1.54) is 24.3 Å². The quantitative estimate of drug-likeness (QED) is 0.694. The molecule has 13 heavy (non-hydrogen) atoms. The minimum Gasteiger partial charge on any atom is -0.267 e. The molecule has 0 spiro atoms. The summed E-state index contributed by atoms with van der Waals surface area (Å²) >= 11 is 0. The van der Waals surface area contributed by atoms with Crippen LogP contribution in [0.3, 0.4) is 0 Å². The maximum atomic E-state index is 11.0. The number of amides is 1. The van der Waals surface area contributed by atoms with E-state index in [2.05, 4.69) is 0 Å². The molecule has 0 aliphatic heterocycles. The van der Waals surface area contributed by atoms with Gasteiger partial charge in [0.2, 0.25) is 0 Å². The van der Waals surface area contributed by atoms with Crippen LogP contribution in [0.2, 0.25) is 0 Å². The Labute approximate surface area is 76.3 Å². The number of carbonyl (C=O) groups is 1. The lowest BCUT2D eigenvalue weighted by Gasteiger charge is -1.98. The predicted molar refractivity (Wildman–Crippen MR) is 47.0 cm³/mol. The summed E-state index contributed by atoms with van der Waals surface area (Å²) in [6.07, 6.45) is 1.09. The lowest BCUT2D eigenvalue weighted by molar-refractivity contribution is 0.0992. The van der Waals surface area contributed by atoms with Crippen LogP contribution in [0.5, 0.6) is 0 Å². The normalized spacial score (nSPS) is 11.2. The van der Waals surface area contributed by atoms with Gasteiger partial charge in [-0.05, 0) is 24.3 Å². The average Bonchev–Trinajstić information content (AvgIpc) is 2.03. The van der Waals surface area contributed by atoms with E-state index in [0.29, 0.717) is 0 Å². The zero-order chi connectivity index (χ0) is 10.1. The van der Waals surface area contributed by atoms with Crippen LogP contribution in [-0.2, 0) is 9.84 Å². The van der Waals surface area contributed by atoms with Crippen LogP contribution in [0, 0.1) is 0 Å². The number of carbonyl (C=O) groups excluding carboxylic acids is 1. The van der Waals surface area contributed by atoms with E-state index >= 15 is 0 Å². The van der Waals surface area contributed by atoms with Gasteiger partial charge in [0.25, 0.3) is 5.91 Å². The highest BCUT2D eigenvalue weighted by Gasteiger charge is 2.07. The molecule has 1 N–H and O–H groups in total. The van der Waals surface area contributed by atoms with Gasteiger partial charge < -0.3 is 0 Å². The van der Waals surface area contributed by atoms with Gasteiger partial charge in [-0.25, -0.2) is 8.42 Å². The molecule has 1 radical (unpaired) electrons. The van der Waals surface area contributed by atoms with Crippen molar-refractivity contribution in [3.8, 4) is 0 Å². The Morgan fingerprint density at radius 2 is 1.69 bits per heavy atom. The molecule has 0 bridgehead atoms. The summed E-state index contributed by atoms with van der Waals surface area (Å²) < 4.78 is 22.0. The number of nitrogens with one attached hydrogen (secondary N) is 1. The lowest BCUT2D eigenvalue weighted by Crippen LogP contribution is -2.01. The number of benzene rings is 1. The molecule has 69 valence electrons. The maximum absolute atomic E-state index is 11.0. The molecule has 0 aromatic heterocycles. The van der Waals surface area contributed by atoms with Gasteiger partial charge in [0.15, 0.2) is 9.84 Å². The molecule has 1 aromatic carbocycles. The second-order valence-electron chi connectivity index (χ2n) is 2.63. The maximum Gasteiger partial charge on any atom is 0.269 e. The summed E-state index contributed by atoms with van der Waals surface area (Å²) in [6.45, 7) is 0. The van der Waals surface area contributed by atoms with Crippen molar-refractivity contribution in [1.82, 2.24) is 5.73 Å². The van der Waals surface area contributed by atoms with Crippen LogP contribution in [0.4, 0.5) is 0 Å². The van der Waals surface area contributed by atoms with Crippen LogP contribution in [-0.4, -0.2) is 20.6 Å². The van der Waals surface area contributed by atoms with E-state index in [-0.39, 0.29) is 10.5 Å². The van der Waals surface area contributed by atoms with Gasteiger partial charge in [0.05, 0.1) is 4.90 Å². The second kappa shape index (κ2) is 3.18. The van der Waals surface area contributed by atoms with Gasteiger partial charge in [0, 0.05) is 11.8 Å². The van der Waals surface area contributed by atoms with Gasteiger partial charge >= 0.3 is 0 Å². The molecule has 1 rings (SSSR count). The first kappa shape index (κ1) is 9.73. The zero-order valence-corrected chi connectivity index (χ0v) is 7.76. The van der Waals surface area contributed by atoms with E-state index in [9.17, 15) is 13.2 Å². The summed E-state index contributed by atoms with van der Waals surface area (Å²) in [5, 5.41) is 0. The van der Waals surface area contributed by atoms with Crippen molar-refractivity contribution in [2.45, 2.75) is 4.90 Å². The first-order valence-electron chi connectivity index (χ1n) is 3.47. The molecule has 0 saturated carbocycles. The Balaban J connectivity index is 3.16. The topological polar surface area (TPSA) is 75.0 Å². The van der Waals surface area contributed by atoms with E-state index < -0.39 is 15.7 Å². The average molecular weight is 198 g/mol. The van der Waals surface area contributed by atoms with E-state index in [1.54, 1.807) is 0 Å². The first-order valence-corrected chi connectivity index (χ1v) is 5.36. The third-order valence-electron chi connectivity index (χ3n) is 1.54. The third kappa shape index (κ3) is 2.29. The summed E-state index contributed by atoms with van der Waals surface area (Å²) in [5.74, 6) is -0.819. The number of rotatable bonds is 2. The molecule has 1 aromatic rings. The molecule has 0 aliphatic carbocycles. The predicted octanol–water partition coefficient (Wildman–Crippen LogP) is 0.513. The Bertz CT molecular complexity index is 419. The number of hydrogen-bond donors (Lipinski definition) is 0. The van der Waals surface area contributed by atoms with Crippen LogP contribution in [0.1, 0.15) is 10.4 Å². The fourth-order valence-electron chi connectivity index (χ4n) is 0.854. The summed E-state index contributed by atoms with van der Waals surface area (Å²) in [4.78, 5) is 10.7. The lowest BCUT2D eigenvalue weighted by atomic mass is 10.2. The van der Waals surface area contributed by atoms with Crippen molar-refractivity contribution in [2.75, 3.05) is 6.26 Å². The Morgan fingerprint density at radius 3 is 2.00 bits per heavy atom. The van der Waals surface area contributed by atoms with Crippen LogP contribution in [0.15, 0.2) is 29.2 Å². The van der Waals surface area contributed by atoms with Crippen molar-refractivity contribution < 1.29 is 13.2 Å². The Morgan fingerprint density at radius 1 is 1.23 bits per heavy atom. The zero-order valence-electron chi connectivity index (χ0n) is 6.94. The highest BCUT2D eigenvalue weighted by atomic mass is 32.2. The SMILES string of the molecule is CS(=O)(=O)c1ccc(C([NH])=O)cc1. The number of hydrogen-bond acceptors (Lipinski definition) is 3. The van der Waals surface area contributed by atoms with Crippen LogP contribution in [0.25, 0.3) is 0 Å².